The number of halogens is 1. The van der Waals surface area contributed by atoms with Gasteiger partial charge in [0.05, 0.1) is 35.1 Å². The van der Waals surface area contributed by atoms with E-state index >= 15 is 0 Å². The molecule has 0 radical (unpaired) electrons. The number of anilines is 1. The van der Waals surface area contributed by atoms with Gasteiger partial charge in [0.25, 0.3) is 0 Å². The molecule has 4 heteroatoms. The lowest BCUT2D eigenvalue weighted by molar-refractivity contribution is 0.560. The summed E-state index contributed by atoms with van der Waals surface area (Å²) in [5, 5.41) is 4.22. The van der Waals surface area contributed by atoms with Gasteiger partial charge < -0.3 is 5.32 Å². The van der Waals surface area contributed by atoms with Crippen molar-refractivity contribution in [2.75, 3.05) is 5.32 Å². The van der Waals surface area contributed by atoms with E-state index in [4.69, 9.17) is 11.6 Å². The van der Waals surface area contributed by atoms with Crippen molar-refractivity contribution in [3.05, 3.63) is 41.4 Å². The van der Waals surface area contributed by atoms with Crippen molar-refractivity contribution in [3.63, 3.8) is 0 Å². The van der Waals surface area contributed by atoms with Crippen molar-refractivity contribution in [2.24, 2.45) is 0 Å². The van der Waals surface area contributed by atoms with Crippen LogP contribution in [0.1, 0.15) is 19.5 Å². The Kier molecular flexibility index (Phi) is 1.83. The first-order valence-corrected chi connectivity index (χ1v) is 5.57. The van der Waals surface area contributed by atoms with Gasteiger partial charge in [-0.15, -0.1) is 0 Å². The second-order valence-corrected chi connectivity index (χ2v) is 5.00. The van der Waals surface area contributed by atoms with Gasteiger partial charge in [0, 0.05) is 5.02 Å². The SMILES string of the molecule is CC1(C)Nc2ccc(Cl)cc2-n2cncc21. The Hall–Kier alpha value is -1.48. The summed E-state index contributed by atoms with van der Waals surface area (Å²) in [6.45, 7) is 4.27. The minimum atomic E-state index is -0.114. The van der Waals surface area contributed by atoms with Crippen LogP contribution in [0.25, 0.3) is 5.69 Å². The molecule has 0 saturated carbocycles. The lowest BCUT2D eigenvalue weighted by atomic mass is 9.97. The van der Waals surface area contributed by atoms with Crippen LogP contribution >= 0.6 is 11.6 Å². The van der Waals surface area contributed by atoms with Crippen molar-refractivity contribution in [3.8, 4) is 5.69 Å². The molecule has 1 aromatic heterocycles. The van der Waals surface area contributed by atoms with Crippen LogP contribution in [0, 0.1) is 0 Å². The lowest BCUT2D eigenvalue weighted by Gasteiger charge is -2.34. The van der Waals surface area contributed by atoms with Gasteiger partial charge in [0.1, 0.15) is 0 Å². The summed E-state index contributed by atoms with van der Waals surface area (Å²) in [6, 6.07) is 5.85. The minimum absolute atomic E-state index is 0.114. The summed E-state index contributed by atoms with van der Waals surface area (Å²) < 4.78 is 2.08. The fraction of sp³-hybridized carbons (Fsp3) is 0.250. The van der Waals surface area contributed by atoms with Crippen LogP contribution in [0.15, 0.2) is 30.7 Å². The van der Waals surface area contributed by atoms with Gasteiger partial charge in [0.15, 0.2) is 0 Å². The molecular formula is C12H12ClN3. The molecule has 0 unspecified atom stereocenters. The smallest absolute Gasteiger partial charge is 0.0995 e. The molecule has 3 nitrogen and oxygen atoms in total. The van der Waals surface area contributed by atoms with Gasteiger partial charge in [-0.2, -0.15) is 0 Å². The number of hydrogen-bond donors (Lipinski definition) is 1. The second-order valence-electron chi connectivity index (χ2n) is 4.56. The largest absolute Gasteiger partial charge is 0.373 e. The molecule has 0 spiro atoms. The topological polar surface area (TPSA) is 29.9 Å². The minimum Gasteiger partial charge on any atom is -0.373 e. The summed E-state index contributed by atoms with van der Waals surface area (Å²) in [5.74, 6) is 0. The zero-order valence-electron chi connectivity index (χ0n) is 9.16. The van der Waals surface area contributed by atoms with Gasteiger partial charge in [-0.05, 0) is 32.0 Å². The Morgan fingerprint density at radius 1 is 1.38 bits per heavy atom. The molecule has 1 aliphatic heterocycles. The van der Waals surface area contributed by atoms with Crippen LogP contribution in [-0.2, 0) is 5.54 Å². The number of rotatable bonds is 0. The van der Waals surface area contributed by atoms with E-state index in [2.05, 4.69) is 28.7 Å². The molecule has 0 aliphatic carbocycles. The maximum absolute atomic E-state index is 6.02. The molecule has 82 valence electrons. The average Bonchev–Trinajstić information content (AvgIpc) is 2.69. The quantitative estimate of drug-likeness (QED) is 0.758. The number of aromatic nitrogens is 2. The lowest BCUT2D eigenvalue weighted by Crippen LogP contribution is -2.34. The predicted molar refractivity (Wildman–Crippen MR) is 65.2 cm³/mol. The summed E-state index contributed by atoms with van der Waals surface area (Å²) in [5.41, 5.74) is 3.17. The first kappa shape index (κ1) is 9.73. The van der Waals surface area contributed by atoms with Crippen LogP contribution in [-0.4, -0.2) is 9.55 Å². The van der Waals surface area contributed by atoms with Crippen molar-refractivity contribution < 1.29 is 0 Å². The summed E-state index contributed by atoms with van der Waals surface area (Å²) in [6.07, 6.45) is 3.71. The van der Waals surface area contributed by atoms with Crippen molar-refractivity contribution in [2.45, 2.75) is 19.4 Å². The molecule has 0 fully saturated rings. The van der Waals surface area contributed by atoms with Gasteiger partial charge >= 0.3 is 0 Å². The molecule has 0 saturated heterocycles. The molecule has 3 rings (SSSR count). The maximum atomic E-state index is 6.02. The Morgan fingerprint density at radius 3 is 3.00 bits per heavy atom. The third kappa shape index (κ3) is 1.25. The van der Waals surface area contributed by atoms with Crippen LogP contribution in [0.4, 0.5) is 5.69 Å². The third-order valence-electron chi connectivity index (χ3n) is 2.95. The number of imidazole rings is 1. The molecule has 1 aromatic carbocycles. The van der Waals surface area contributed by atoms with Crippen LogP contribution in [0.3, 0.4) is 0 Å². The van der Waals surface area contributed by atoms with E-state index in [0.717, 1.165) is 22.1 Å². The van der Waals surface area contributed by atoms with E-state index in [1.807, 2.05) is 30.7 Å². The van der Waals surface area contributed by atoms with E-state index < -0.39 is 0 Å². The van der Waals surface area contributed by atoms with Crippen molar-refractivity contribution >= 4 is 17.3 Å². The highest BCUT2D eigenvalue weighted by atomic mass is 35.5. The molecule has 1 aliphatic rings. The van der Waals surface area contributed by atoms with Crippen molar-refractivity contribution in [1.82, 2.24) is 9.55 Å². The van der Waals surface area contributed by atoms with Gasteiger partial charge in [-0.1, -0.05) is 11.6 Å². The van der Waals surface area contributed by atoms with Crippen LogP contribution < -0.4 is 5.32 Å². The molecule has 16 heavy (non-hydrogen) atoms. The van der Waals surface area contributed by atoms with E-state index in [1.165, 1.54) is 0 Å². The van der Waals surface area contributed by atoms with E-state index in [9.17, 15) is 0 Å². The molecular weight excluding hydrogens is 222 g/mol. The first-order chi connectivity index (χ1) is 7.58. The Labute approximate surface area is 99.1 Å². The third-order valence-corrected chi connectivity index (χ3v) is 3.18. The zero-order valence-corrected chi connectivity index (χ0v) is 9.92. The fourth-order valence-corrected chi connectivity index (χ4v) is 2.33. The highest BCUT2D eigenvalue weighted by Crippen LogP contribution is 2.37. The number of nitrogens with zero attached hydrogens (tertiary/aromatic N) is 2. The van der Waals surface area contributed by atoms with Crippen LogP contribution in [0.5, 0.6) is 0 Å². The van der Waals surface area contributed by atoms with Crippen LogP contribution in [0.2, 0.25) is 5.02 Å². The number of hydrogen-bond acceptors (Lipinski definition) is 2. The van der Waals surface area contributed by atoms with Crippen molar-refractivity contribution in [1.29, 1.82) is 0 Å². The monoisotopic (exact) mass is 233 g/mol. The number of benzene rings is 1. The molecule has 2 heterocycles. The maximum Gasteiger partial charge on any atom is 0.0995 e. The molecule has 0 atom stereocenters. The Morgan fingerprint density at radius 2 is 2.19 bits per heavy atom. The highest BCUT2D eigenvalue weighted by molar-refractivity contribution is 6.30. The van der Waals surface area contributed by atoms with E-state index in [1.54, 1.807) is 0 Å². The fourth-order valence-electron chi connectivity index (χ4n) is 2.16. The summed E-state index contributed by atoms with van der Waals surface area (Å²) in [7, 11) is 0. The summed E-state index contributed by atoms with van der Waals surface area (Å²) in [4.78, 5) is 4.21. The molecule has 1 N–H and O–H groups in total. The Balaban J connectivity index is 2.31. The first-order valence-electron chi connectivity index (χ1n) is 5.19. The van der Waals surface area contributed by atoms with E-state index in [-0.39, 0.29) is 5.54 Å². The molecule has 0 bridgehead atoms. The van der Waals surface area contributed by atoms with Gasteiger partial charge in [-0.25, -0.2) is 4.98 Å². The number of nitrogens with one attached hydrogen (secondary N) is 1. The van der Waals surface area contributed by atoms with Gasteiger partial charge in [0.2, 0.25) is 0 Å². The standard InChI is InChI=1S/C12H12ClN3/c1-12(2)11-6-14-7-16(11)10-5-8(13)3-4-9(10)15-12/h3-7,15H,1-2H3. The average molecular weight is 234 g/mol. The number of fused-ring (bicyclic) bond motifs is 3. The zero-order chi connectivity index (χ0) is 11.3. The molecule has 0 amide bonds. The Bertz CT molecular complexity index is 557. The van der Waals surface area contributed by atoms with E-state index in [0.29, 0.717) is 0 Å². The normalized spacial score (nSPS) is 16.2. The van der Waals surface area contributed by atoms with Gasteiger partial charge in [-0.3, -0.25) is 4.57 Å². The highest BCUT2D eigenvalue weighted by Gasteiger charge is 2.30. The summed E-state index contributed by atoms with van der Waals surface area (Å²) >= 11 is 6.02. The molecule has 2 aromatic rings. The predicted octanol–water partition coefficient (Wildman–Crippen LogP) is 3.19. The second kappa shape index (κ2) is 3.01.